The number of nitriles is 2. The van der Waals surface area contributed by atoms with Gasteiger partial charge in [-0.1, -0.05) is 103 Å². The van der Waals surface area contributed by atoms with E-state index in [2.05, 4.69) is 36.4 Å². The van der Waals surface area contributed by atoms with Crippen molar-refractivity contribution in [3.8, 4) is 68.6 Å². The van der Waals surface area contributed by atoms with Crippen LogP contribution in [-0.2, 0) is 0 Å². The molecular weight excluding hydrogens is 578 g/mol. The number of fused-ring (bicyclic) bond motifs is 3. The van der Waals surface area contributed by atoms with E-state index in [1.54, 1.807) is 18.2 Å². The SMILES string of the molecule is N#Cc1cc(C#N)cc(-c2ccc(-c3nc(-c4ccccc4)nc(-c4ccc5c(c4)oc4cccc(-c6ccccc6)c45)n3)cc2)c1. The van der Waals surface area contributed by atoms with Crippen molar-refractivity contribution >= 4 is 21.9 Å². The molecular formula is C41H23N5O. The van der Waals surface area contributed by atoms with Gasteiger partial charge >= 0.3 is 0 Å². The maximum atomic E-state index is 9.43. The van der Waals surface area contributed by atoms with E-state index in [4.69, 9.17) is 19.4 Å². The maximum absolute atomic E-state index is 9.43. The van der Waals surface area contributed by atoms with Crippen molar-refractivity contribution in [3.05, 3.63) is 151 Å². The van der Waals surface area contributed by atoms with Crippen LogP contribution < -0.4 is 0 Å². The van der Waals surface area contributed by atoms with Crippen molar-refractivity contribution in [2.24, 2.45) is 0 Å². The summed E-state index contributed by atoms with van der Waals surface area (Å²) in [6.45, 7) is 0. The molecule has 0 saturated heterocycles. The topological polar surface area (TPSA) is 99.4 Å². The third-order valence-corrected chi connectivity index (χ3v) is 8.18. The summed E-state index contributed by atoms with van der Waals surface area (Å²) in [6, 6.07) is 49.6. The molecule has 0 radical (unpaired) electrons. The normalized spacial score (nSPS) is 10.9. The number of aromatic nitrogens is 3. The van der Waals surface area contributed by atoms with Gasteiger partial charge in [0.05, 0.1) is 23.3 Å². The lowest BCUT2D eigenvalue weighted by molar-refractivity contribution is 0.669. The van der Waals surface area contributed by atoms with Crippen LogP contribution in [0.3, 0.4) is 0 Å². The molecule has 0 aliphatic rings. The Hall–Kier alpha value is -6.89. The average Bonchev–Trinajstić information content (AvgIpc) is 3.53. The van der Waals surface area contributed by atoms with Crippen molar-refractivity contribution in [2.75, 3.05) is 0 Å². The van der Waals surface area contributed by atoms with Crippen molar-refractivity contribution < 1.29 is 4.42 Å². The lowest BCUT2D eigenvalue weighted by atomic mass is 9.99. The van der Waals surface area contributed by atoms with E-state index in [0.717, 1.165) is 60.9 Å². The summed E-state index contributed by atoms with van der Waals surface area (Å²) in [4.78, 5) is 14.7. The Kier molecular flexibility index (Phi) is 6.80. The number of benzene rings is 6. The highest BCUT2D eigenvalue weighted by atomic mass is 16.3. The minimum atomic E-state index is 0.440. The molecule has 6 nitrogen and oxygen atoms in total. The van der Waals surface area contributed by atoms with Gasteiger partial charge in [0.2, 0.25) is 0 Å². The highest BCUT2D eigenvalue weighted by Gasteiger charge is 2.17. The van der Waals surface area contributed by atoms with Crippen molar-refractivity contribution in [1.82, 2.24) is 15.0 Å². The highest BCUT2D eigenvalue weighted by molar-refractivity contribution is 6.13. The Morgan fingerprint density at radius 2 is 0.979 bits per heavy atom. The van der Waals surface area contributed by atoms with E-state index in [1.807, 2.05) is 97.1 Å². The second-order valence-electron chi connectivity index (χ2n) is 11.1. The minimum absolute atomic E-state index is 0.440. The molecule has 218 valence electrons. The first-order chi connectivity index (χ1) is 23.2. The summed E-state index contributed by atoms with van der Waals surface area (Å²) < 4.78 is 6.38. The third kappa shape index (κ3) is 5.17. The van der Waals surface area contributed by atoms with Crippen LogP contribution in [0, 0.1) is 22.7 Å². The highest BCUT2D eigenvalue weighted by Crippen LogP contribution is 2.38. The van der Waals surface area contributed by atoms with Crippen LogP contribution in [0.2, 0.25) is 0 Å². The quantitative estimate of drug-likeness (QED) is 0.195. The number of nitrogens with zero attached hydrogens (tertiary/aromatic N) is 5. The first-order valence-electron chi connectivity index (χ1n) is 15.1. The predicted octanol–water partition coefficient (Wildman–Crippen LogP) is 9.85. The summed E-state index contributed by atoms with van der Waals surface area (Å²) in [5, 5.41) is 21.0. The second kappa shape index (κ2) is 11.6. The Labute approximate surface area is 270 Å². The number of furan rings is 1. The van der Waals surface area contributed by atoms with E-state index >= 15 is 0 Å². The zero-order chi connectivity index (χ0) is 31.7. The van der Waals surface area contributed by atoms with Crippen LogP contribution in [0.4, 0.5) is 0 Å². The van der Waals surface area contributed by atoms with Gasteiger partial charge in [0.1, 0.15) is 11.2 Å². The Bertz CT molecular complexity index is 2490. The fourth-order valence-corrected chi connectivity index (χ4v) is 5.91. The summed E-state index contributed by atoms with van der Waals surface area (Å²) in [6.07, 6.45) is 0. The van der Waals surface area contributed by atoms with Crippen LogP contribution in [0.15, 0.2) is 144 Å². The van der Waals surface area contributed by atoms with Gasteiger partial charge in [-0.3, -0.25) is 0 Å². The zero-order valence-corrected chi connectivity index (χ0v) is 24.9. The average molecular weight is 602 g/mol. The molecule has 8 aromatic rings. The Balaban J connectivity index is 1.24. The van der Waals surface area contributed by atoms with E-state index in [-0.39, 0.29) is 0 Å². The molecule has 6 heteroatoms. The van der Waals surface area contributed by atoms with Crippen LogP contribution in [0.5, 0.6) is 0 Å². The standard InChI is InChI=1S/C41H23N5O/c42-24-26-20-27(25-43)22-33(21-26)28-14-16-31(17-15-28)40-44-39(30-10-5-2-6-11-30)45-41(46-40)32-18-19-35-37(23-32)47-36-13-7-12-34(38(35)36)29-8-3-1-4-9-29/h1-23H. The molecule has 8 rings (SSSR count). The summed E-state index contributed by atoms with van der Waals surface area (Å²) >= 11 is 0. The van der Waals surface area contributed by atoms with Gasteiger partial charge in [-0.05, 0) is 58.7 Å². The molecule has 0 unspecified atom stereocenters. The first-order valence-corrected chi connectivity index (χ1v) is 15.1. The molecule has 0 spiro atoms. The molecule has 6 aromatic carbocycles. The maximum Gasteiger partial charge on any atom is 0.164 e. The molecule has 2 aromatic heterocycles. The molecule has 0 N–H and O–H groups in total. The van der Waals surface area contributed by atoms with Gasteiger partial charge in [0.15, 0.2) is 17.5 Å². The molecule has 0 aliphatic heterocycles. The largest absolute Gasteiger partial charge is 0.456 e. The minimum Gasteiger partial charge on any atom is -0.456 e. The van der Waals surface area contributed by atoms with Gasteiger partial charge in [-0.25, -0.2) is 15.0 Å². The van der Waals surface area contributed by atoms with Crippen molar-refractivity contribution in [1.29, 1.82) is 10.5 Å². The van der Waals surface area contributed by atoms with E-state index in [0.29, 0.717) is 28.6 Å². The molecule has 0 atom stereocenters. The fraction of sp³-hybridized carbons (Fsp3) is 0. The van der Waals surface area contributed by atoms with Crippen LogP contribution in [-0.4, -0.2) is 15.0 Å². The number of rotatable bonds is 5. The summed E-state index contributed by atoms with van der Waals surface area (Å²) in [5.41, 5.74) is 8.88. The monoisotopic (exact) mass is 601 g/mol. The van der Waals surface area contributed by atoms with Gasteiger partial charge in [-0.15, -0.1) is 0 Å². The lowest BCUT2D eigenvalue weighted by Gasteiger charge is -2.09. The molecule has 0 aliphatic carbocycles. The van der Waals surface area contributed by atoms with Gasteiger partial charge in [0.25, 0.3) is 0 Å². The van der Waals surface area contributed by atoms with E-state index in [1.165, 1.54) is 0 Å². The van der Waals surface area contributed by atoms with Crippen LogP contribution >= 0.6 is 0 Å². The smallest absolute Gasteiger partial charge is 0.164 e. The molecule has 0 amide bonds. The Morgan fingerprint density at radius 1 is 0.426 bits per heavy atom. The second-order valence-corrected chi connectivity index (χ2v) is 11.1. The van der Waals surface area contributed by atoms with E-state index in [9.17, 15) is 10.5 Å². The predicted molar refractivity (Wildman–Crippen MR) is 184 cm³/mol. The summed E-state index contributed by atoms with van der Waals surface area (Å²) in [5.74, 6) is 1.62. The molecule has 47 heavy (non-hydrogen) atoms. The lowest BCUT2D eigenvalue weighted by Crippen LogP contribution is -2.00. The zero-order valence-electron chi connectivity index (χ0n) is 24.9. The Morgan fingerprint density at radius 3 is 1.62 bits per heavy atom. The van der Waals surface area contributed by atoms with Gasteiger partial charge < -0.3 is 4.42 Å². The van der Waals surface area contributed by atoms with Gasteiger partial charge in [-0.2, -0.15) is 10.5 Å². The van der Waals surface area contributed by atoms with Crippen molar-refractivity contribution in [3.63, 3.8) is 0 Å². The third-order valence-electron chi connectivity index (χ3n) is 8.18. The fourth-order valence-electron chi connectivity index (χ4n) is 5.91. The van der Waals surface area contributed by atoms with Crippen molar-refractivity contribution in [2.45, 2.75) is 0 Å². The summed E-state index contributed by atoms with van der Waals surface area (Å²) in [7, 11) is 0. The number of hydrogen-bond acceptors (Lipinski definition) is 6. The van der Waals surface area contributed by atoms with Crippen LogP contribution in [0.1, 0.15) is 11.1 Å². The van der Waals surface area contributed by atoms with E-state index < -0.39 is 0 Å². The molecule has 2 heterocycles. The first kappa shape index (κ1) is 27.6. The number of hydrogen-bond donors (Lipinski definition) is 0. The van der Waals surface area contributed by atoms with Gasteiger partial charge in [0, 0.05) is 27.5 Å². The molecule has 0 bridgehead atoms. The van der Waals surface area contributed by atoms with Crippen LogP contribution in [0.25, 0.3) is 78.4 Å². The molecule has 0 fully saturated rings. The molecule has 0 saturated carbocycles.